The molecule has 0 saturated carbocycles. The zero-order valence-corrected chi connectivity index (χ0v) is 11.7. The number of amides is 1. The first-order chi connectivity index (χ1) is 10.2. The van der Waals surface area contributed by atoms with Crippen LogP contribution in [-0.4, -0.2) is 15.3 Å². The Labute approximate surface area is 125 Å². The quantitative estimate of drug-likeness (QED) is 0.754. The molecule has 3 heterocycles. The van der Waals surface area contributed by atoms with Crippen molar-refractivity contribution in [3.05, 3.63) is 65.5 Å². The van der Waals surface area contributed by atoms with Crippen LogP contribution in [-0.2, 0) is 11.3 Å². The lowest BCUT2D eigenvalue weighted by molar-refractivity contribution is -0.116. The lowest BCUT2D eigenvalue weighted by Crippen LogP contribution is -2.19. The molecule has 6 heteroatoms. The molecule has 3 aromatic heterocycles. The van der Waals surface area contributed by atoms with Gasteiger partial charge in [-0.2, -0.15) is 0 Å². The van der Waals surface area contributed by atoms with E-state index in [0.717, 1.165) is 11.2 Å². The number of aromatic nitrogens is 2. The number of fused-ring (bicyclic) bond motifs is 1. The number of imidazole rings is 1. The summed E-state index contributed by atoms with van der Waals surface area (Å²) < 4.78 is 6.75. The van der Waals surface area contributed by atoms with Gasteiger partial charge < -0.3 is 9.73 Å². The smallest absolute Gasteiger partial charge is 0.244 e. The number of carbonyl (C=O) groups is 1. The van der Waals surface area contributed by atoms with E-state index in [2.05, 4.69) is 10.3 Å². The van der Waals surface area contributed by atoms with Crippen LogP contribution < -0.4 is 5.32 Å². The van der Waals surface area contributed by atoms with E-state index >= 15 is 0 Å². The summed E-state index contributed by atoms with van der Waals surface area (Å²) in [5.74, 6) is -0.210. The van der Waals surface area contributed by atoms with E-state index in [0.29, 0.717) is 17.4 Å². The first-order valence-electron chi connectivity index (χ1n) is 6.33. The third kappa shape index (κ3) is 2.98. The third-order valence-corrected chi connectivity index (χ3v) is 3.24. The molecule has 0 atom stereocenters. The molecule has 0 aliphatic heterocycles. The molecule has 0 aliphatic carbocycles. The monoisotopic (exact) mass is 301 g/mol. The van der Waals surface area contributed by atoms with Crippen LogP contribution >= 0.6 is 11.6 Å². The van der Waals surface area contributed by atoms with Gasteiger partial charge in [0.05, 0.1) is 18.2 Å². The van der Waals surface area contributed by atoms with Gasteiger partial charge in [-0.05, 0) is 24.3 Å². The second-order valence-corrected chi connectivity index (χ2v) is 4.76. The van der Waals surface area contributed by atoms with Gasteiger partial charge in [0, 0.05) is 24.4 Å². The van der Waals surface area contributed by atoms with Crippen molar-refractivity contribution in [1.82, 2.24) is 14.7 Å². The number of nitrogens with one attached hydrogen (secondary N) is 1. The highest BCUT2D eigenvalue weighted by atomic mass is 35.5. The molecule has 0 unspecified atom stereocenters. The summed E-state index contributed by atoms with van der Waals surface area (Å²) in [4.78, 5) is 16.0. The minimum Gasteiger partial charge on any atom is -0.472 e. The number of furan rings is 1. The maximum Gasteiger partial charge on any atom is 0.244 e. The highest BCUT2D eigenvalue weighted by Crippen LogP contribution is 2.18. The minimum atomic E-state index is -0.210. The average Bonchev–Trinajstić information content (AvgIpc) is 3.10. The molecular weight excluding hydrogens is 290 g/mol. The number of carbonyl (C=O) groups excluding carboxylic acids is 1. The van der Waals surface area contributed by atoms with E-state index in [1.54, 1.807) is 24.7 Å². The minimum absolute atomic E-state index is 0.210. The van der Waals surface area contributed by atoms with Crippen LogP contribution in [0.3, 0.4) is 0 Å². The molecule has 106 valence electrons. The average molecular weight is 302 g/mol. The molecule has 3 aromatic rings. The van der Waals surface area contributed by atoms with Crippen molar-refractivity contribution >= 4 is 29.2 Å². The van der Waals surface area contributed by atoms with Crippen molar-refractivity contribution < 1.29 is 9.21 Å². The fourth-order valence-electron chi connectivity index (χ4n) is 1.93. The van der Waals surface area contributed by atoms with Crippen molar-refractivity contribution in [1.29, 1.82) is 0 Å². The van der Waals surface area contributed by atoms with Crippen LogP contribution in [0.15, 0.2) is 53.5 Å². The molecule has 0 aromatic carbocycles. The van der Waals surface area contributed by atoms with E-state index in [-0.39, 0.29) is 5.91 Å². The van der Waals surface area contributed by atoms with E-state index in [1.165, 1.54) is 6.08 Å². The molecule has 1 N–H and O–H groups in total. The van der Waals surface area contributed by atoms with Crippen LogP contribution in [0.5, 0.6) is 0 Å². The Morgan fingerprint density at radius 3 is 3.14 bits per heavy atom. The molecular formula is C15H12ClN3O2. The topological polar surface area (TPSA) is 59.5 Å². The van der Waals surface area contributed by atoms with E-state index in [9.17, 15) is 4.79 Å². The highest BCUT2D eigenvalue weighted by Gasteiger charge is 2.07. The van der Waals surface area contributed by atoms with Gasteiger partial charge in [0.2, 0.25) is 5.91 Å². The lowest BCUT2D eigenvalue weighted by atomic mass is 10.3. The summed E-state index contributed by atoms with van der Waals surface area (Å²) in [6, 6.07) is 7.40. The largest absolute Gasteiger partial charge is 0.472 e. The van der Waals surface area contributed by atoms with Gasteiger partial charge in [0.25, 0.3) is 0 Å². The van der Waals surface area contributed by atoms with Crippen LogP contribution in [0.2, 0.25) is 5.15 Å². The summed E-state index contributed by atoms with van der Waals surface area (Å²) in [7, 11) is 0. The number of pyridine rings is 1. The third-order valence-electron chi connectivity index (χ3n) is 2.96. The maximum atomic E-state index is 11.8. The van der Waals surface area contributed by atoms with Gasteiger partial charge in [-0.15, -0.1) is 0 Å². The second kappa shape index (κ2) is 5.85. The molecule has 0 spiro atoms. The zero-order chi connectivity index (χ0) is 14.7. The molecule has 0 fully saturated rings. The van der Waals surface area contributed by atoms with Gasteiger partial charge in [0.1, 0.15) is 5.65 Å². The fourth-order valence-corrected chi connectivity index (χ4v) is 2.17. The Morgan fingerprint density at radius 1 is 1.43 bits per heavy atom. The Kier molecular flexibility index (Phi) is 3.75. The van der Waals surface area contributed by atoms with Crippen molar-refractivity contribution in [2.24, 2.45) is 0 Å². The summed E-state index contributed by atoms with van der Waals surface area (Å²) >= 11 is 6.08. The number of hydrogen-bond acceptors (Lipinski definition) is 3. The number of hydrogen-bond donors (Lipinski definition) is 1. The molecule has 1 amide bonds. The van der Waals surface area contributed by atoms with Crippen LogP contribution in [0.25, 0.3) is 11.7 Å². The maximum absolute atomic E-state index is 11.8. The van der Waals surface area contributed by atoms with Gasteiger partial charge >= 0.3 is 0 Å². The van der Waals surface area contributed by atoms with Crippen LogP contribution in [0, 0.1) is 0 Å². The Bertz CT molecular complexity index is 790. The van der Waals surface area contributed by atoms with Crippen molar-refractivity contribution in [3.8, 4) is 0 Å². The first kappa shape index (κ1) is 13.5. The molecule has 0 radical (unpaired) electrons. The summed E-state index contributed by atoms with van der Waals surface area (Å²) in [6.45, 7) is 0.417. The first-order valence-corrected chi connectivity index (χ1v) is 6.71. The van der Waals surface area contributed by atoms with E-state index < -0.39 is 0 Å². The van der Waals surface area contributed by atoms with Crippen molar-refractivity contribution in [3.63, 3.8) is 0 Å². The Balaban J connectivity index is 1.72. The van der Waals surface area contributed by atoms with Crippen LogP contribution in [0.1, 0.15) is 11.3 Å². The van der Waals surface area contributed by atoms with Gasteiger partial charge in [-0.3, -0.25) is 9.20 Å². The SMILES string of the molecule is O=C(C=Cc1c(Cl)nc2ccccn12)NCc1ccoc1. The van der Waals surface area contributed by atoms with Crippen molar-refractivity contribution in [2.75, 3.05) is 0 Å². The summed E-state index contributed by atoms with van der Waals surface area (Å²) in [5.41, 5.74) is 2.32. The van der Waals surface area contributed by atoms with Gasteiger partial charge in [-0.25, -0.2) is 4.98 Å². The number of halogens is 1. The van der Waals surface area contributed by atoms with E-state index in [1.807, 2.05) is 28.8 Å². The van der Waals surface area contributed by atoms with Gasteiger partial charge in [-0.1, -0.05) is 17.7 Å². The zero-order valence-electron chi connectivity index (χ0n) is 11.0. The lowest BCUT2D eigenvalue weighted by Gasteiger charge is -1.99. The van der Waals surface area contributed by atoms with Gasteiger partial charge in [0.15, 0.2) is 5.15 Å². The number of rotatable bonds is 4. The Morgan fingerprint density at radius 2 is 2.33 bits per heavy atom. The predicted octanol–water partition coefficient (Wildman–Crippen LogP) is 2.91. The molecule has 3 rings (SSSR count). The summed E-state index contributed by atoms with van der Waals surface area (Å²) in [5, 5.41) is 3.12. The number of nitrogens with zero attached hydrogens (tertiary/aromatic N) is 2. The molecule has 5 nitrogen and oxygen atoms in total. The normalized spacial score (nSPS) is 11.3. The fraction of sp³-hybridized carbons (Fsp3) is 0.0667. The predicted molar refractivity (Wildman–Crippen MR) is 79.8 cm³/mol. The molecule has 0 saturated heterocycles. The highest BCUT2D eigenvalue weighted by molar-refractivity contribution is 6.31. The molecule has 21 heavy (non-hydrogen) atoms. The molecule has 0 aliphatic rings. The summed E-state index contributed by atoms with van der Waals surface area (Å²) in [6.07, 6.45) is 8.08. The van der Waals surface area contributed by atoms with E-state index in [4.69, 9.17) is 16.0 Å². The second-order valence-electron chi connectivity index (χ2n) is 4.40. The van der Waals surface area contributed by atoms with Crippen molar-refractivity contribution in [2.45, 2.75) is 6.54 Å². The van der Waals surface area contributed by atoms with Crippen LogP contribution in [0.4, 0.5) is 0 Å². The standard InChI is InChI=1S/C15H12ClN3O2/c16-15-12(19-7-2-1-3-13(19)18-15)4-5-14(20)17-9-11-6-8-21-10-11/h1-8,10H,9H2,(H,17,20). The molecule has 0 bridgehead atoms. The Hall–Kier alpha value is -2.53.